The molecule has 0 aliphatic carbocycles. The van der Waals surface area contributed by atoms with Crippen molar-refractivity contribution < 1.29 is 4.79 Å². The van der Waals surface area contributed by atoms with Gasteiger partial charge in [0.25, 0.3) is 0 Å². The van der Waals surface area contributed by atoms with Crippen LogP contribution in [0.15, 0.2) is 0 Å². The molecule has 1 fully saturated rings. The lowest BCUT2D eigenvalue weighted by Gasteiger charge is -2.12. The minimum Gasteiger partial charge on any atom is -0.369 e. The first-order valence-corrected chi connectivity index (χ1v) is 3.97. The van der Waals surface area contributed by atoms with Crippen molar-refractivity contribution in [2.75, 3.05) is 19.6 Å². The fourth-order valence-electron chi connectivity index (χ4n) is 1.32. The van der Waals surface area contributed by atoms with Gasteiger partial charge in [0, 0.05) is 13.1 Å². The fraction of sp³-hybridized carbons (Fsp3) is 0.625. The lowest BCUT2D eigenvalue weighted by atomic mass is 10.1. The molecule has 0 bridgehead atoms. The molecule has 65 valence electrons. The zero-order chi connectivity index (χ0) is 8.97. The smallest absolute Gasteiger partial charge is 0.222 e. The van der Waals surface area contributed by atoms with Crippen LogP contribution in [0.2, 0.25) is 0 Å². The molecule has 1 atom stereocenters. The number of nitriles is 1. The van der Waals surface area contributed by atoms with Crippen LogP contribution < -0.4 is 5.73 Å². The molecule has 0 aromatic rings. The van der Waals surface area contributed by atoms with E-state index >= 15 is 0 Å². The number of hydrogen-bond donors (Lipinski definition) is 1. The monoisotopic (exact) mass is 166 g/mol. The van der Waals surface area contributed by atoms with E-state index in [2.05, 4.69) is 11.0 Å². The van der Waals surface area contributed by atoms with Gasteiger partial charge in [-0.2, -0.15) is 5.26 Å². The Labute approximate surface area is 71.9 Å². The SMILES string of the molecule is N#CC1CCN(C[CH]C(N)=O)C1. The summed E-state index contributed by atoms with van der Waals surface area (Å²) in [7, 11) is 0. The molecule has 0 aromatic heterocycles. The van der Waals surface area contributed by atoms with Gasteiger partial charge in [-0.25, -0.2) is 0 Å². The van der Waals surface area contributed by atoms with Gasteiger partial charge < -0.3 is 10.6 Å². The Hall–Kier alpha value is -1.08. The Kier molecular flexibility index (Phi) is 3.06. The van der Waals surface area contributed by atoms with Gasteiger partial charge in [0.15, 0.2) is 0 Å². The number of hydrogen-bond acceptors (Lipinski definition) is 3. The van der Waals surface area contributed by atoms with Crippen molar-refractivity contribution >= 4 is 5.91 Å². The van der Waals surface area contributed by atoms with Gasteiger partial charge >= 0.3 is 0 Å². The topological polar surface area (TPSA) is 70.1 Å². The van der Waals surface area contributed by atoms with Gasteiger partial charge in [0.05, 0.1) is 18.4 Å². The molecule has 12 heavy (non-hydrogen) atoms. The number of likely N-dealkylation sites (tertiary alicyclic amines) is 1. The van der Waals surface area contributed by atoms with Gasteiger partial charge in [0.2, 0.25) is 5.91 Å². The third kappa shape index (κ3) is 2.51. The van der Waals surface area contributed by atoms with Crippen LogP contribution >= 0.6 is 0 Å². The molecule has 1 rings (SSSR count). The summed E-state index contributed by atoms with van der Waals surface area (Å²) in [6.45, 7) is 2.23. The lowest BCUT2D eigenvalue weighted by Crippen LogP contribution is -2.26. The number of carbonyl (C=O) groups excluding carboxylic acids is 1. The van der Waals surface area contributed by atoms with E-state index in [1.54, 1.807) is 0 Å². The van der Waals surface area contributed by atoms with Crippen LogP contribution in [0.4, 0.5) is 0 Å². The molecule has 0 spiro atoms. The Bertz CT molecular complexity index is 209. The first-order chi connectivity index (χ1) is 5.72. The molecule has 1 aliphatic heterocycles. The van der Waals surface area contributed by atoms with Crippen LogP contribution in [0, 0.1) is 23.7 Å². The van der Waals surface area contributed by atoms with E-state index in [4.69, 9.17) is 11.0 Å². The van der Waals surface area contributed by atoms with Crippen LogP contribution in [-0.2, 0) is 4.79 Å². The van der Waals surface area contributed by atoms with Gasteiger partial charge in [-0.15, -0.1) is 0 Å². The van der Waals surface area contributed by atoms with Gasteiger partial charge in [-0.3, -0.25) is 4.79 Å². The molecule has 1 aliphatic rings. The second-order valence-corrected chi connectivity index (χ2v) is 2.98. The van der Waals surface area contributed by atoms with E-state index in [-0.39, 0.29) is 5.92 Å². The van der Waals surface area contributed by atoms with E-state index < -0.39 is 5.91 Å². The summed E-state index contributed by atoms with van der Waals surface area (Å²) in [4.78, 5) is 12.4. The number of primary amides is 1. The molecule has 0 aromatic carbocycles. The highest BCUT2D eigenvalue weighted by Gasteiger charge is 2.21. The van der Waals surface area contributed by atoms with E-state index in [1.165, 1.54) is 6.42 Å². The van der Waals surface area contributed by atoms with Gasteiger partial charge in [0.1, 0.15) is 0 Å². The molecule has 4 heteroatoms. The molecule has 4 nitrogen and oxygen atoms in total. The lowest BCUT2D eigenvalue weighted by molar-refractivity contribution is -0.115. The van der Waals surface area contributed by atoms with E-state index in [0.717, 1.165) is 19.5 Å². The highest BCUT2D eigenvalue weighted by atomic mass is 16.1. The number of rotatable bonds is 3. The summed E-state index contributed by atoms with van der Waals surface area (Å²) in [5.41, 5.74) is 4.95. The van der Waals surface area contributed by atoms with Crippen molar-refractivity contribution in [3.8, 4) is 6.07 Å². The summed E-state index contributed by atoms with van der Waals surface area (Å²) in [5, 5.41) is 8.58. The first kappa shape index (κ1) is 9.01. The zero-order valence-electron chi connectivity index (χ0n) is 6.86. The minimum atomic E-state index is -0.393. The Morgan fingerprint density at radius 3 is 3.08 bits per heavy atom. The van der Waals surface area contributed by atoms with E-state index in [9.17, 15) is 4.79 Å². The summed E-state index contributed by atoms with van der Waals surface area (Å²) in [6.07, 6.45) is 2.35. The van der Waals surface area contributed by atoms with Crippen LogP contribution in [0.1, 0.15) is 6.42 Å². The Morgan fingerprint density at radius 1 is 1.83 bits per heavy atom. The largest absolute Gasteiger partial charge is 0.369 e. The predicted octanol–water partition coefficient (Wildman–Crippen LogP) is -0.479. The molecule has 1 radical (unpaired) electrons. The van der Waals surface area contributed by atoms with Crippen molar-refractivity contribution in [1.82, 2.24) is 4.90 Å². The maximum absolute atomic E-state index is 10.4. The maximum Gasteiger partial charge on any atom is 0.222 e. The second kappa shape index (κ2) is 4.07. The molecule has 2 N–H and O–H groups in total. The fourth-order valence-corrected chi connectivity index (χ4v) is 1.32. The number of nitrogens with zero attached hydrogens (tertiary/aromatic N) is 2. The van der Waals surface area contributed by atoms with Crippen molar-refractivity contribution in [2.45, 2.75) is 6.42 Å². The first-order valence-electron chi connectivity index (χ1n) is 3.97. The highest BCUT2D eigenvalue weighted by Crippen LogP contribution is 2.14. The molecule has 1 saturated heterocycles. The summed E-state index contributed by atoms with van der Waals surface area (Å²) in [6, 6.07) is 2.21. The molecule has 1 heterocycles. The van der Waals surface area contributed by atoms with Gasteiger partial charge in [-0.05, 0) is 13.0 Å². The predicted molar refractivity (Wildman–Crippen MR) is 43.7 cm³/mol. The maximum atomic E-state index is 10.4. The van der Waals surface area contributed by atoms with Crippen LogP contribution in [0.25, 0.3) is 0 Å². The summed E-state index contributed by atoms with van der Waals surface area (Å²) < 4.78 is 0. The standard InChI is InChI=1S/C8H12N3O/c9-5-7-1-3-11(6-7)4-2-8(10)12/h2,7H,1,3-4,6H2,(H2,10,12). The average molecular weight is 166 g/mol. The summed E-state index contributed by atoms with van der Waals surface area (Å²) >= 11 is 0. The van der Waals surface area contributed by atoms with Crippen molar-refractivity contribution in [1.29, 1.82) is 5.26 Å². The molecule has 0 saturated carbocycles. The summed E-state index contributed by atoms with van der Waals surface area (Å²) in [5.74, 6) is -0.262. The number of amides is 1. The third-order valence-corrected chi connectivity index (χ3v) is 2.01. The second-order valence-electron chi connectivity index (χ2n) is 2.98. The Balaban J connectivity index is 2.20. The van der Waals surface area contributed by atoms with Crippen molar-refractivity contribution in [3.63, 3.8) is 0 Å². The van der Waals surface area contributed by atoms with Gasteiger partial charge in [-0.1, -0.05) is 0 Å². The number of nitrogens with two attached hydrogens (primary N) is 1. The highest BCUT2D eigenvalue weighted by molar-refractivity contribution is 5.83. The molecular formula is C8H12N3O. The zero-order valence-corrected chi connectivity index (χ0v) is 6.86. The third-order valence-electron chi connectivity index (χ3n) is 2.01. The molecular weight excluding hydrogens is 154 g/mol. The van der Waals surface area contributed by atoms with E-state index in [0.29, 0.717) is 6.54 Å². The molecule has 1 amide bonds. The average Bonchev–Trinajstić information content (AvgIpc) is 2.48. The van der Waals surface area contributed by atoms with Crippen LogP contribution in [0.5, 0.6) is 0 Å². The molecule has 1 unspecified atom stereocenters. The van der Waals surface area contributed by atoms with Crippen LogP contribution in [-0.4, -0.2) is 30.4 Å². The quantitative estimate of drug-likeness (QED) is 0.615. The van der Waals surface area contributed by atoms with Crippen molar-refractivity contribution in [3.05, 3.63) is 6.42 Å². The van der Waals surface area contributed by atoms with Crippen LogP contribution in [0.3, 0.4) is 0 Å². The normalized spacial score (nSPS) is 23.8. The minimum absolute atomic E-state index is 0.131. The van der Waals surface area contributed by atoms with E-state index in [1.807, 2.05) is 0 Å². The Morgan fingerprint density at radius 2 is 2.58 bits per heavy atom. The van der Waals surface area contributed by atoms with Crippen molar-refractivity contribution in [2.24, 2.45) is 11.7 Å². The number of carbonyl (C=O) groups is 1.